The summed E-state index contributed by atoms with van der Waals surface area (Å²) in [5.41, 5.74) is 3.77. The van der Waals surface area contributed by atoms with Crippen LogP contribution in [0, 0.1) is 6.92 Å². The summed E-state index contributed by atoms with van der Waals surface area (Å²) in [7, 11) is 0. The van der Waals surface area contributed by atoms with Gasteiger partial charge in [0.1, 0.15) is 0 Å². The van der Waals surface area contributed by atoms with Crippen molar-refractivity contribution in [1.29, 1.82) is 0 Å². The lowest BCUT2D eigenvalue weighted by molar-refractivity contribution is 0.927. The Labute approximate surface area is 142 Å². The van der Waals surface area contributed by atoms with Gasteiger partial charge in [0.05, 0.1) is 6.20 Å². The van der Waals surface area contributed by atoms with Gasteiger partial charge in [-0.1, -0.05) is 54.6 Å². The number of aryl methyl sites for hydroxylation is 1. The van der Waals surface area contributed by atoms with E-state index in [-0.39, 0.29) is 0 Å². The second-order valence-corrected chi connectivity index (χ2v) is 5.61. The van der Waals surface area contributed by atoms with Crippen molar-refractivity contribution in [2.45, 2.75) is 19.9 Å². The average Bonchev–Trinajstić information content (AvgIpc) is 2.62. The normalized spacial score (nSPS) is 10.4. The Morgan fingerprint density at radius 3 is 2.54 bits per heavy atom. The Morgan fingerprint density at radius 2 is 1.71 bits per heavy atom. The molecule has 5 nitrogen and oxygen atoms in total. The number of nitrogens with one attached hydrogen (secondary N) is 2. The number of rotatable bonds is 7. The van der Waals surface area contributed by atoms with E-state index in [9.17, 15) is 0 Å². The highest BCUT2D eigenvalue weighted by Gasteiger charge is 2.02. The summed E-state index contributed by atoms with van der Waals surface area (Å²) in [6.45, 7) is 3.58. The predicted molar refractivity (Wildman–Crippen MR) is 97.0 cm³/mol. The molecule has 5 heteroatoms. The smallest absolute Gasteiger partial charge is 0.244 e. The number of anilines is 2. The molecule has 0 amide bonds. The molecule has 0 bridgehead atoms. The number of hydrogen-bond donors (Lipinski definition) is 2. The van der Waals surface area contributed by atoms with Crippen molar-refractivity contribution in [2.75, 3.05) is 17.2 Å². The van der Waals surface area contributed by atoms with Crippen LogP contribution in [0.3, 0.4) is 0 Å². The summed E-state index contributed by atoms with van der Waals surface area (Å²) in [5, 5.41) is 14.6. The molecule has 0 saturated heterocycles. The second kappa shape index (κ2) is 8.06. The van der Waals surface area contributed by atoms with Crippen molar-refractivity contribution in [3.63, 3.8) is 0 Å². The van der Waals surface area contributed by atoms with E-state index in [1.54, 1.807) is 6.20 Å². The topological polar surface area (TPSA) is 62.7 Å². The van der Waals surface area contributed by atoms with Gasteiger partial charge in [-0.05, 0) is 30.0 Å². The summed E-state index contributed by atoms with van der Waals surface area (Å²) in [5.74, 6) is 1.26. The number of benzene rings is 2. The lowest BCUT2D eigenvalue weighted by Gasteiger charge is -2.09. The van der Waals surface area contributed by atoms with E-state index in [0.29, 0.717) is 12.5 Å². The molecule has 0 atom stereocenters. The molecule has 0 radical (unpaired) electrons. The Hall–Kier alpha value is -2.95. The summed E-state index contributed by atoms with van der Waals surface area (Å²) in [4.78, 5) is 4.45. The molecule has 0 spiro atoms. The van der Waals surface area contributed by atoms with Crippen LogP contribution in [0.5, 0.6) is 0 Å². The molecule has 0 aliphatic rings. The lowest BCUT2D eigenvalue weighted by Crippen LogP contribution is -2.10. The van der Waals surface area contributed by atoms with Crippen molar-refractivity contribution in [3.05, 3.63) is 77.5 Å². The SMILES string of the molecule is Cc1ccccc1CNc1nncc(NCCc2ccccc2)n1. The van der Waals surface area contributed by atoms with Gasteiger partial charge in [-0.2, -0.15) is 10.1 Å². The van der Waals surface area contributed by atoms with Crippen molar-refractivity contribution in [2.24, 2.45) is 0 Å². The molecule has 1 heterocycles. The molecular weight excluding hydrogens is 298 g/mol. The van der Waals surface area contributed by atoms with Crippen LogP contribution >= 0.6 is 0 Å². The van der Waals surface area contributed by atoms with Crippen molar-refractivity contribution in [1.82, 2.24) is 15.2 Å². The molecule has 122 valence electrons. The first-order valence-corrected chi connectivity index (χ1v) is 8.07. The Balaban J connectivity index is 1.53. The quantitative estimate of drug-likeness (QED) is 0.698. The predicted octanol–water partition coefficient (Wildman–Crippen LogP) is 3.45. The van der Waals surface area contributed by atoms with E-state index >= 15 is 0 Å². The molecule has 2 N–H and O–H groups in total. The first kappa shape index (κ1) is 15.9. The van der Waals surface area contributed by atoms with Crippen LogP contribution in [0.1, 0.15) is 16.7 Å². The standard InChI is InChI=1S/C19H21N5/c1-15-7-5-6-10-17(15)13-21-19-23-18(14-22-24-19)20-12-11-16-8-3-2-4-9-16/h2-10,14H,11-13H2,1H3,(H2,20,21,23,24). The summed E-state index contributed by atoms with van der Waals surface area (Å²) in [6, 6.07) is 18.6. The molecule has 0 saturated carbocycles. The van der Waals surface area contributed by atoms with E-state index in [4.69, 9.17) is 0 Å². The highest BCUT2D eigenvalue weighted by atomic mass is 15.3. The zero-order valence-electron chi connectivity index (χ0n) is 13.7. The largest absolute Gasteiger partial charge is 0.368 e. The second-order valence-electron chi connectivity index (χ2n) is 5.61. The van der Waals surface area contributed by atoms with Gasteiger partial charge < -0.3 is 10.6 Å². The minimum Gasteiger partial charge on any atom is -0.368 e. The maximum Gasteiger partial charge on any atom is 0.244 e. The van der Waals surface area contributed by atoms with E-state index in [0.717, 1.165) is 18.8 Å². The van der Waals surface area contributed by atoms with Crippen LogP contribution in [0.4, 0.5) is 11.8 Å². The van der Waals surface area contributed by atoms with Crippen LogP contribution in [-0.4, -0.2) is 21.7 Å². The average molecular weight is 319 g/mol. The van der Waals surface area contributed by atoms with Crippen molar-refractivity contribution < 1.29 is 0 Å². The van der Waals surface area contributed by atoms with Gasteiger partial charge in [-0.15, -0.1) is 5.10 Å². The van der Waals surface area contributed by atoms with E-state index in [2.05, 4.69) is 69.1 Å². The van der Waals surface area contributed by atoms with E-state index in [1.807, 2.05) is 18.2 Å². The molecule has 0 unspecified atom stereocenters. The summed E-state index contributed by atoms with van der Waals surface area (Å²) >= 11 is 0. The molecular formula is C19H21N5. The first-order valence-electron chi connectivity index (χ1n) is 8.07. The molecule has 24 heavy (non-hydrogen) atoms. The van der Waals surface area contributed by atoms with E-state index < -0.39 is 0 Å². The fourth-order valence-corrected chi connectivity index (χ4v) is 2.43. The maximum atomic E-state index is 4.45. The Kier molecular flexibility index (Phi) is 5.35. The fourth-order valence-electron chi connectivity index (χ4n) is 2.43. The summed E-state index contributed by atoms with van der Waals surface area (Å²) < 4.78 is 0. The fraction of sp³-hybridized carbons (Fsp3) is 0.211. The van der Waals surface area contributed by atoms with Crippen LogP contribution in [-0.2, 0) is 13.0 Å². The molecule has 1 aromatic heterocycles. The van der Waals surface area contributed by atoms with Crippen LogP contribution in [0.25, 0.3) is 0 Å². The van der Waals surface area contributed by atoms with Crippen molar-refractivity contribution >= 4 is 11.8 Å². The molecule has 0 aliphatic carbocycles. The lowest BCUT2D eigenvalue weighted by atomic mass is 10.1. The van der Waals surface area contributed by atoms with Gasteiger partial charge in [0.2, 0.25) is 5.95 Å². The molecule has 0 aliphatic heterocycles. The zero-order chi connectivity index (χ0) is 16.6. The minimum atomic E-state index is 0.531. The highest BCUT2D eigenvalue weighted by Crippen LogP contribution is 2.10. The van der Waals surface area contributed by atoms with Crippen molar-refractivity contribution in [3.8, 4) is 0 Å². The number of aromatic nitrogens is 3. The molecule has 0 fully saturated rings. The molecule has 3 aromatic rings. The maximum absolute atomic E-state index is 4.45. The monoisotopic (exact) mass is 319 g/mol. The van der Waals surface area contributed by atoms with E-state index in [1.165, 1.54) is 16.7 Å². The van der Waals surface area contributed by atoms with Gasteiger partial charge in [0.15, 0.2) is 5.82 Å². The van der Waals surface area contributed by atoms with Gasteiger partial charge in [0.25, 0.3) is 0 Å². The highest BCUT2D eigenvalue weighted by molar-refractivity contribution is 5.38. The van der Waals surface area contributed by atoms with Crippen LogP contribution in [0.2, 0.25) is 0 Å². The van der Waals surface area contributed by atoms with Crippen LogP contribution in [0.15, 0.2) is 60.8 Å². The van der Waals surface area contributed by atoms with Crippen LogP contribution < -0.4 is 10.6 Å². The number of nitrogens with zero attached hydrogens (tertiary/aromatic N) is 3. The molecule has 2 aromatic carbocycles. The van der Waals surface area contributed by atoms with Gasteiger partial charge in [-0.25, -0.2) is 0 Å². The Morgan fingerprint density at radius 1 is 0.917 bits per heavy atom. The third kappa shape index (κ3) is 4.52. The number of hydrogen-bond acceptors (Lipinski definition) is 5. The van der Waals surface area contributed by atoms with Gasteiger partial charge >= 0.3 is 0 Å². The Bertz CT molecular complexity index is 773. The third-order valence-electron chi connectivity index (χ3n) is 3.82. The van der Waals surface area contributed by atoms with Gasteiger partial charge in [0, 0.05) is 13.1 Å². The van der Waals surface area contributed by atoms with Gasteiger partial charge in [-0.3, -0.25) is 0 Å². The first-order chi connectivity index (χ1) is 11.8. The zero-order valence-corrected chi connectivity index (χ0v) is 13.7. The summed E-state index contributed by atoms with van der Waals surface area (Å²) in [6.07, 6.45) is 2.58. The third-order valence-corrected chi connectivity index (χ3v) is 3.82. The molecule has 3 rings (SSSR count). The minimum absolute atomic E-state index is 0.531.